The van der Waals surface area contributed by atoms with E-state index in [4.69, 9.17) is 4.74 Å². The van der Waals surface area contributed by atoms with Crippen LogP contribution in [0.5, 0.6) is 5.75 Å². The molecule has 20 heavy (non-hydrogen) atoms. The van der Waals surface area contributed by atoms with E-state index < -0.39 is 0 Å². The lowest BCUT2D eigenvalue weighted by Crippen LogP contribution is -2.26. The van der Waals surface area contributed by atoms with Gasteiger partial charge in [0.1, 0.15) is 5.75 Å². The van der Waals surface area contributed by atoms with Crippen molar-refractivity contribution in [3.63, 3.8) is 0 Å². The van der Waals surface area contributed by atoms with Crippen LogP contribution in [0.1, 0.15) is 32.4 Å². The van der Waals surface area contributed by atoms with Gasteiger partial charge in [0, 0.05) is 11.4 Å². The van der Waals surface area contributed by atoms with Gasteiger partial charge in [0.15, 0.2) is 0 Å². The van der Waals surface area contributed by atoms with E-state index in [2.05, 4.69) is 62.5 Å². The first-order chi connectivity index (χ1) is 9.60. The number of fused-ring (bicyclic) bond motifs is 1. The molecule has 0 bridgehead atoms. The largest absolute Gasteiger partial charge is 0.496 e. The van der Waals surface area contributed by atoms with Crippen LogP contribution >= 0.6 is 0 Å². The van der Waals surface area contributed by atoms with Gasteiger partial charge >= 0.3 is 0 Å². The summed E-state index contributed by atoms with van der Waals surface area (Å²) < 4.78 is 5.48. The van der Waals surface area contributed by atoms with Gasteiger partial charge in [-0.05, 0) is 35.9 Å². The number of hydrogen-bond acceptors (Lipinski definition) is 2. The summed E-state index contributed by atoms with van der Waals surface area (Å²) in [4.78, 5) is 0. The standard InChI is InChI=1S/C18H25NO/c1-12(2)13(3)18(19-4)16-10-11-17(20-5)15-9-7-6-8-14(15)16/h6-13,18-19H,1-5H3. The first-order valence-corrected chi connectivity index (χ1v) is 7.33. The Hall–Kier alpha value is -1.54. The lowest BCUT2D eigenvalue weighted by molar-refractivity contribution is 0.318. The van der Waals surface area contributed by atoms with E-state index in [0.29, 0.717) is 17.9 Å². The molecule has 0 radical (unpaired) electrons. The molecule has 0 saturated carbocycles. The smallest absolute Gasteiger partial charge is 0.126 e. The molecular formula is C18H25NO. The Morgan fingerprint density at radius 2 is 1.60 bits per heavy atom. The van der Waals surface area contributed by atoms with E-state index >= 15 is 0 Å². The normalized spacial score (nSPS) is 14.5. The Morgan fingerprint density at radius 1 is 0.950 bits per heavy atom. The second-order valence-electron chi connectivity index (χ2n) is 5.77. The molecule has 0 fully saturated rings. The Bertz CT molecular complexity index is 577. The van der Waals surface area contributed by atoms with Crippen molar-refractivity contribution in [2.45, 2.75) is 26.8 Å². The van der Waals surface area contributed by atoms with Crippen LogP contribution < -0.4 is 10.1 Å². The van der Waals surface area contributed by atoms with Gasteiger partial charge < -0.3 is 10.1 Å². The fourth-order valence-electron chi connectivity index (χ4n) is 2.83. The topological polar surface area (TPSA) is 21.3 Å². The van der Waals surface area contributed by atoms with Crippen molar-refractivity contribution in [1.29, 1.82) is 0 Å². The van der Waals surface area contributed by atoms with E-state index in [1.54, 1.807) is 7.11 Å². The number of hydrogen-bond donors (Lipinski definition) is 1. The van der Waals surface area contributed by atoms with Gasteiger partial charge in [0.25, 0.3) is 0 Å². The second-order valence-corrected chi connectivity index (χ2v) is 5.77. The lowest BCUT2D eigenvalue weighted by atomic mass is 9.84. The molecule has 2 aromatic carbocycles. The number of benzene rings is 2. The third kappa shape index (κ3) is 2.66. The zero-order valence-electron chi connectivity index (χ0n) is 13.1. The molecule has 2 heteroatoms. The Balaban J connectivity index is 2.59. The molecule has 0 aliphatic heterocycles. The van der Waals surface area contributed by atoms with Crippen molar-refractivity contribution >= 4 is 10.8 Å². The summed E-state index contributed by atoms with van der Waals surface area (Å²) in [5, 5.41) is 5.95. The maximum Gasteiger partial charge on any atom is 0.126 e. The van der Waals surface area contributed by atoms with Gasteiger partial charge in [-0.2, -0.15) is 0 Å². The third-order valence-corrected chi connectivity index (χ3v) is 4.36. The Kier molecular flexibility index (Phi) is 4.66. The molecule has 2 rings (SSSR count). The molecule has 0 aliphatic rings. The zero-order valence-corrected chi connectivity index (χ0v) is 13.1. The highest BCUT2D eigenvalue weighted by molar-refractivity contribution is 5.91. The van der Waals surface area contributed by atoms with Crippen LogP contribution in [0.4, 0.5) is 0 Å². The summed E-state index contributed by atoms with van der Waals surface area (Å²) in [5.74, 6) is 2.14. The molecule has 0 heterocycles. The van der Waals surface area contributed by atoms with Crippen LogP contribution in [-0.2, 0) is 0 Å². The van der Waals surface area contributed by atoms with Gasteiger partial charge in [-0.25, -0.2) is 0 Å². The van der Waals surface area contributed by atoms with Crippen LogP contribution in [0.15, 0.2) is 36.4 Å². The third-order valence-electron chi connectivity index (χ3n) is 4.36. The van der Waals surface area contributed by atoms with Gasteiger partial charge in [0.05, 0.1) is 7.11 Å². The fourth-order valence-corrected chi connectivity index (χ4v) is 2.83. The maximum absolute atomic E-state index is 5.48. The van der Waals surface area contributed by atoms with Crippen LogP contribution in [0.25, 0.3) is 10.8 Å². The minimum atomic E-state index is 0.353. The summed E-state index contributed by atoms with van der Waals surface area (Å²) in [7, 11) is 3.77. The monoisotopic (exact) mass is 271 g/mol. The average molecular weight is 271 g/mol. The Labute approximate surface area is 122 Å². The summed E-state index contributed by atoms with van der Waals surface area (Å²) in [5.41, 5.74) is 1.35. The number of rotatable bonds is 5. The molecule has 0 spiro atoms. The van der Waals surface area contributed by atoms with Crippen LogP contribution in [-0.4, -0.2) is 14.2 Å². The summed E-state index contributed by atoms with van der Waals surface area (Å²) in [6, 6.07) is 13.1. The Morgan fingerprint density at radius 3 is 2.15 bits per heavy atom. The fraction of sp³-hybridized carbons (Fsp3) is 0.444. The molecule has 0 aliphatic carbocycles. The van der Waals surface area contributed by atoms with E-state index in [-0.39, 0.29) is 0 Å². The number of ether oxygens (including phenoxy) is 1. The van der Waals surface area contributed by atoms with Crippen molar-refractivity contribution in [2.75, 3.05) is 14.2 Å². The second kappa shape index (κ2) is 6.27. The van der Waals surface area contributed by atoms with Crippen molar-refractivity contribution < 1.29 is 4.74 Å². The lowest BCUT2D eigenvalue weighted by Gasteiger charge is -2.28. The molecule has 0 amide bonds. The first kappa shape index (κ1) is 14.9. The quantitative estimate of drug-likeness (QED) is 0.870. The van der Waals surface area contributed by atoms with E-state index in [1.165, 1.54) is 16.3 Å². The molecule has 108 valence electrons. The van der Waals surface area contributed by atoms with Gasteiger partial charge in [-0.3, -0.25) is 0 Å². The first-order valence-electron chi connectivity index (χ1n) is 7.33. The number of methoxy groups -OCH3 is 1. The molecule has 2 nitrogen and oxygen atoms in total. The van der Waals surface area contributed by atoms with Gasteiger partial charge in [-0.15, -0.1) is 0 Å². The van der Waals surface area contributed by atoms with E-state index in [1.807, 2.05) is 7.05 Å². The van der Waals surface area contributed by atoms with Crippen LogP contribution in [0, 0.1) is 11.8 Å². The average Bonchev–Trinajstić information content (AvgIpc) is 2.47. The SMILES string of the molecule is CNC(c1ccc(OC)c2ccccc12)C(C)C(C)C. The highest BCUT2D eigenvalue weighted by Gasteiger charge is 2.22. The maximum atomic E-state index is 5.48. The minimum Gasteiger partial charge on any atom is -0.496 e. The summed E-state index contributed by atoms with van der Waals surface area (Å²) >= 11 is 0. The molecule has 0 saturated heterocycles. The van der Waals surface area contributed by atoms with Crippen LogP contribution in [0.2, 0.25) is 0 Å². The minimum absolute atomic E-state index is 0.353. The predicted octanol–water partition coefficient (Wildman–Crippen LogP) is 4.40. The highest BCUT2D eigenvalue weighted by atomic mass is 16.5. The number of nitrogens with one attached hydrogen (secondary N) is 1. The van der Waals surface area contributed by atoms with Crippen molar-refractivity contribution in [3.05, 3.63) is 42.0 Å². The molecule has 1 N–H and O–H groups in total. The van der Waals surface area contributed by atoms with Crippen molar-refractivity contribution in [2.24, 2.45) is 11.8 Å². The molecule has 2 atom stereocenters. The highest BCUT2D eigenvalue weighted by Crippen LogP contribution is 2.35. The van der Waals surface area contributed by atoms with Gasteiger partial charge in [0.2, 0.25) is 0 Å². The molecule has 0 aromatic heterocycles. The van der Waals surface area contributed by atoms with E-state index in [0.717, 1.165) is 5.75 Å². The zero-order chi connectivity index (χ0) is 14.7. The molecule has 2 aromatic rings. The van der Waals surface area contributed by atoms with Crippen molar-refractivity contribution in [1.82, 2.24) is 5.32 Å². The molecular weight excluding hydrogens is 246 g/mol. The van der Waals surface area contributed by atoms with Gasteiger partial charge in [-0.1, -0.05) is 51.1 Å². The van der Waals surface area contributed by atoms with E-state index in [9.17, 15) is 0 Å². The predicted molar refractivity (Wildman–Crippen MR) is 86.3 cm³/mol. The summed E-state index contributed by atoms with van der Waals surface area (Å²) in [6.45, 7) is 6.87. The van der Waals surface area contributed by atoms with Crippen molar-refractivity contribution in [3.8, 4) is 5.75 Å². The van der Waals surface area contributed by atoms with Crippen LogP contribution in [0.3, 0.4) is 0 Å². The molecule has 2 unspecified atom stereocenters. The summed E-state index contributed by atoms with van der Waals surface area (Å²) in [6.07, 6.45) is 0.